The van der Waals surface area contributed by atoms with Gasteiger partial charge in [-0.05, 0) is 44.9 Å². The second-order valence-corrected chi connectivity index (χ2v) is 22.4. The van der Waals surface area contributed by atoms with E-state index in [9.17, 15) is 14.4 Å². The van der Waals surface area contributed by atoms with Crippen molar-refractivity contribution in [2.75, 3.05) is 13.2 Å². The quantitative estimate of drug-likeness (QED) is 0.0261. The predicted molar refractivity (Wildman–Crippen MR) is 312 cm³/mol. The Morgan fingerprint density at radius 1 is 0.264 bits per heavy atom. The molecule has 1 atom stereocenters. The van der Waals surface area contributed by atoms with Crippen LogP contribution in [0.4, 0.5) is 0 Å². The maximum atomic E-state index is 12.8. The lowest BCUT2D eigenvalue weighted by Gasteiger charge is -2.18. The summed E-state index contributed by atoms with van der Waals surface area (Å²) in [6.07, 6.45) is 72.9. The van der Waals surface area contributed by atoms with Crippen molar-refractivity contribution in [3.63, 3.8) is 0 Å². The van der Waals surface area contributed by atoms with Gasteiger partial charge < -0.3 is 14.2 Å². The Hall–Kier alpha value is -1.85. The van der Waals surface area contributed by atoms with Crippen molar-refractivity contribution in [1.29, 1.82) is 0 Å². The molecule has 0 aromatic rings. The second-order valence-electron chi connectivity index (χ2n) is 22.4. The van der Waals surface area contributed by atoms with Crippen LogP contribution in [0.1, 0.15) is 374 Å². The smallest absolute Gasteiger partial charge is 0.306 e. The summed E-state index contributed by atoms with van der Waals surface area (Å²) >= 11 is 0. The molecule has 1 unspecified atom stereocenters. The molecule has 6 nitrogen and oxygen atoms in total. The Morgan fingerprint density at radius 2 is 0.458 bits per heavy atom. The van der Waals surface area contributed by atoms with E-state index in [1.807, 2.05) is 0 Å². The van der Waals surface area contributed by atoms with Gasteiger partial charge in [0.1, 0.15) is 13.2 Å². The lowest BCUT2D eigenvalue weighted by Crippen LogP contribution is -2.30. The number of allylic oxidation sites excluding steroid dienone is 2. The van der Waals surface area contributed by atoms with Crippen molar-refractivity contribution in [2.45, 2.75) is 380 Å². The molecule has 0 radical (unpaired) electrons. The maximum Gasteiger partial charge on any atom is 0.306 e. The number of rotatable bonds is 61. The van der Waals surface area contributed by atoms with E-state index in [4.69, 9.17) is 14.2 Å². The lowest BCUT2D eigenvalue weighted by atomic mass is 10.0. The fourth-order valence-electron chi connectivity index (χ4n) is 10.1. The molecule has 0 aliphatic carbocycles. The molecule has 0 aliphatic heterocycles. The SMILES string of the molecule is CCCCCCC/C=C\CCCCCCCC(=O)OC(COC(=O)CCCCCCCC)COC(=O)CCCCCCCCCCCCCCCCCCCCCCCCCCCCCCCCCCCC. The molecular formula is C66H126O6. The molecule has 0 fully saturated rings. The van der Waals surface area contributed by atoms with Crippen LogP contribution >= 0.6 is 0 Å². The summed E-state index contributed by atoms with van der Waals surface area (Å²) in [6.45, 7) is 6.62. The molecule has 0 N–H and O–H groups in total. The van der Waals surface area contributed by atoms with Crippen LogP contribution in [0, 0.1) is 0 Å². The van der Waals surface area contributed by atoms with Crippen molar-refractivity contribution in [1.82, 2.24) is 0 Å². The van der Waals surface area contributed by atoms with E-state index in [0.29, 0.717) is 19.3 Å². The Bertz CT molecular complexity index is 1120. The first-order chi connectivity index (χ1) is 35.5. The van der Waals surface area contributed by atoms with Crippen molar-refractivity contribution >= 4 is 17.9 Å². The molecule has 0 saturated carbocycles. The van der Waals surface area contributed by atoms with Gasteiger partial charge in [-0.15, -0.1) is 0 Å². The summed E-state index contributed by atoms with van der Waals surface area (Å²) in [5, 5.41) is 0. The number of hydrogen-bond acceptors (Lipinski definition) is 6. The molecule has 0 aromatic carbocycles. The fourth-order valence-corrected chi connectivity index (χ4v) is 10.1. The van der Waals surface area contributed by atoms with E-state index in [0.717, 1.165) is 64.2 Å². The van der Waals surface area contributed by atoms with Gasteiger partial charge in [-0.1, -0.05) is 322 Å². The minimum Gasteiger partial charge on any atom is -0.462 e. The molecular weight excluding hydrogens is 889 g/mol. The molecule has 0 aromatic heterocycles. The highest BCUT2D eigenvalue weighted by molar-refractivity contribution is 5.71. The first kappa shape index (κ1) is 70.1. The summed E-state index contributed by atoms with van der Waals surface area (Å²) < 4.78 is 16.8. The van der Waals surface area contributed by atoms with E-state index in [1.165, 1.54) is 270 Å². The zero-order valence-corrected chi connectivity index (χ0v) is 49.0. The Kier molecular flexibility index (Phi) is 60.1. The van der Waals surface area contributed by atoms with E-state index >= 15 is 0 Å². The van der Waals surface area contributed by atoms with E-state index < -0.39 is 6.10 Å². The van der Waals surface area contributed by atoms with Gasteiger partial charge in [-0.25, -0.2) is 0 Å². The van der Waals surface area contributed by atoms with Crippen LogP contribution < -0.4 is 0 Å². The van der Waals surface area contributed by atoms with Crippen molar-refractivity contribution in [2.24, 2.45) is 0 Å². The second kappa shape index (κ2) is 61.7. The number of esters is 3. The molecule has 0 spiro atoms. The van der Waals surface area contributed by atoms with Gasteiger partial charge in [0.2, 0.25) is 0 Å². The van der Waals surface area contributed by atoms with Crippen LogP contribution in [0.2, 0.25) is 0 Å². The van der Waals surface area contributed by atoms with Crippen LogP contribution in [0.5, 0.6) is 0 Å². The predicted octanol–water partition coefficient (Wildman–Crippen LogP) is 22.1. The summed E-state index contributed by atoms with van der Waals surface area (Å²) in [4.78, 5) is 37.9. The molecule has 0 bridgehead atoms. The van der Waals surface area contributed by atoms with Crippen molar-refractivity contribution in [3.8, 4) is 0 Å². The molecule has 426 valence electrons. The Morgan fingerprint density at radius 3 is 0.694 bits per heavy atom. The molecule has 72 heavy (non-hydrogen) atoms. The van der Waals surface area contributed by atoms with Crippen LogP contribution in [0.25, 0.3) is 0 Å². The normalized spacial score (nSPS) is 12.0. The largest absolute Gasteiger partial charge is 0.462 e. The molecule has 0 rings (SSSR count). The highest BCUT2D eigenvalue weighted by atomic mass is 16.6. The minimum atomic E-state index is -0.767. The van der Waals surface area contributed by atoms with E-state index in [2.05, 4.69) is 32.9 Å². The van der Waals surface area contributed by atoms with Crippen LogP contribution in [0.15, 0.2) is 12.2 Å². The number of carbonyl (C=O) groups is 3. The van der Waals surface area contributed by atoms with Gasteiger partial charge in [0, 0.05) is 19.3 Å². The van der Waals surface area contributed by atoms with Crippen LogP contribution in [-0.2, 0) is 28.6 Å². The maximum absolute atomic E-state index is 12.8. The van der Waals surface area contributed by atoms with Gasteiger partial charge in [0.05, 0.1) is 0 Å². The zero-order chi connectivity index (χ0) is 52.2. The number of carbonyl (C=O) groups excluding carboxylic acids is 3. The first-order valence-electron chi connectivity index (χ1n) is 32.7. The molecule has 0 heterocycles. The number of hydrogen-bond donors (Lipinski definition) is 0. The third-order valence-corrected chi connectivity index (χ3v) is 15.0. The first-order valence-corrected chi connectivity index (χ1v) is 32.7. The van der Waals surface area contributed by atoms with E-state index in [-0.39, 0.29) is 31.1 Å². The van der Waals surface area contributed by atoms with Gasteiger partial charge in [0.25, 0.3) is 0 Å². The average molecular weight is 1020 g/mol. The molecule has 0 saturated heterocycles. The van der Waals surface area contributed by atoms with Gasteiger partial charge in [0.15, 0.2) is 6.10 Å². The molecule has 6 heteroatoms. The highest BCUT2D eigenvalue weighted by Gasteiger charge is 2.19. The summed E-state index contributed by atoms with van der Waals surface area (Å²) in [5.74, 6) is -0.866. The van der Waals surface area contributed by atoms with Gasteiger partial charge in [-0.2, -0.15) is 0 Å². The zero-order valence-electron chi connectivity index (χ0n) is 49.0. The lowest BCUT2D eigenvalue weighted by molar-refractivity contribution is -0.167. The Labute approximate surface area is 450 Å². The topological polar surface area (TPSA) is 78.9 Å². The fraction of sp³-hybridized carbons (Fsp3) is 0.924. The monoisotopic (exact) mass is 1010 g/mol. The molecule has 0 amide bonds. The Balaban J connectivity index is 3.85. The van der Waals surface area contributed by atoms with Gasteiger partial charge >= 0.3 is 17.9 Å². The number of unbranched alkanes of at least 4 members (excludes halogenated alkanes) is 48. The van der Waals surface area contributed by atoms with Crippen LogP contribution in [0.3, 0.4) is 0 Å². The summed E-state index contributed by atoms with van der Waals surface area (Å²) in [5.41, 5.74) is 0. The van der Waals surface area contributed by atoms with E-state index in [1.54, 1.807) is 0 Å². The third-order valence-electron chi connectivity index (χ3n) is 15.0. The van der Waals surface area contributed by atoms with Crippen LogP contribution in [-0.4, -0.2) is 37.2 Å². The summed E-state index contributed by atoms with van der Waals surface area (Å²) in [6, 6.07) is 0. The third kappa shape index (κ3) is 59.0. The number of ether oxygens (including phenoxy) is 3. The standard InChI is InChI=1S/C66H126O6/c1-4-7-10-13-16-18-20-22-24-25-26-27-28-29-30-31-32-33-34-35-36-37-38-39-40-41-42-43-45-46-48-50-53-56-59-65(68)71-62-63(61-70-64(67)58-55-52-15-12-9-6-3)72-66(69)60-57-54-51-49-47-44-23-21-19-17-14-11-8-5-2/h21,23,63H,4-20,22,24-62H2,1-3H3/b23-21-. The van der Waals surface area contributed by atoms with Crippen molar-refractivity contribution in [3.05, 3.63) is 12.2 Å². The highest BCUT2D eigenvalue weighted by Crippen LogP contribution is 2.18. The molecule has 0 aliphatic rings. The summed E-state index contributed by atoms with van der Waals surface area (Å²) in [7, 11) is 0. The van der Waals surface area contributed by atoms with Crippen molar-refractivity contribution < 1.29 is 28.6 Å². The average Bonchev–Trinajstić information content (AvgIpc) is 3.38. The van der Waals surface area contributed by atoms with Gasteiger partial charge in [-0.3, -0.25) is 14.4 Å². The minimum absolute atomic E-state index is 0.0687.